The van der Waals surface area contributed by atoms with Crippen molar-refractivity contribution in [2.75, 3.05) is 13.1 Å². The molecule has 1 fully saturated rings. The molecule has 5 rings (SSSR count). The third-order valence-corrected chi connectivity index (χ3v) is 5.98. The first kappa shape index (κ1) is 21.0. The highest BCUT2D eigenvalue weighted by Crippen LogP contribution is 2.35. The number of benzene rings is 2. The van der Waals surface area contributed by atoms with Crippen LogP contribution in [-0.2, 0) is 0 Å². The van der Waals surface area contributed by atoms with Crippen LogP contribution in [0.15, 0.2) is 71.4 Å². The lowest BCUT2D eigenvalue weighted by atomic mass is 9.89. The minimum atomic E-state index is -0.405. The molecule has 6 nitrogen and oxygen atoms in total. The largest absolute Gasteiger partial charge is 0.356 e. The molecule has 0 aliphatic carbocycles. The van der Waals surface area contributed by atoms with Gasteiger partial charge in [-0.2, -0.15) is 0 Å². The predicted molar refractivity (Wildman–Crippen MR) is 122 cm³/mol. The van der Waals surface area contributed by atoms with Gasteiger partial charge in [-0.1, -0.05) is 41.6 Å². The van der Waals surface area contributed by atoms with E-state index in [0.29, 0.717) is 30.2 Å². The molecule has 166 valence electrons. The van der Waals surface area contributed by atoms with Crippen molar-refractivity contribution >= 4 is 5.91 Å². The fraction of sp³-hybridized carbons (Fsp3) is 0.231. The molecule has 0 unspecified atom stereocenters. The second-order valence-electron chi connectivity index (χ2n) is 8.27. The Morgan fingerprint density at radius 1 is 1.06 bits per heavy atom. The molecule has 1 saturated heterocycles. The van der Waals surface area contributed by atoms with Crippen molar-refractivity contribution < 1.29 is 13.7 Å². The van der Waals surface area contributed by atoms with Crippen LogP contribution < -0.4 is 0 Å². The first-order chi connectivity index (χ1) is 16.1. The number of aryl methyl sites for hydroxylation is 1. The maximum atomic E-state index is 13.6. The molecule has 0 bridgehead atoms. The first-order valence-electron chi connectivity index (χ1n) is 11.0. The summed E-state index contributed by atoms with van der Waals surface area (Å²) in [6, 6.07) is 17.6. The summed E-state index contributed by atoms with van der Waals surface area (Å²) in [5.41, 5.74) is 3.83. The Labute approximate surface area is 191 Å². The van der Waals surface area contributed by atoms with E-state index < -0.39 is 5.82 Å². The van der Waals surface area contributed by atoms with Gasteiger partial charge >= 0.3 is 0 Å². The van der Waals surface area contributed by atoms with Crippen LogP contribution in [0.25, 0.3) is 22.7 Å². The number of rotatable bonds is 4. The Hall–Kier alpha value is -3.87. The summed E-state index contributed by atoms with van der Waals surface area (Å²) in [5, 5.41) is 4.02. The molecule has 1 aliphatic rings. The van der Waals surface area contributed by atoms with Crippen LogP contribution in [0.4, 0.5) is 4.39 Å². The zero-order chi connectivity index (χ0) is 22.8. The number of aromatic nitrogens is 3. The van der Waals surface area contributed by atoms with Gasteiger partial charge in [-0.05, 0) is 38.0 Å². The quantitative estimate of drug-likeness (QED) is 0.431. The van der Waals surface area contributed by atoms with Crippen molar-refractivity contribution in [1.82, 2.24) is 20.0 Å². The average molecular weight is 442 g/mol. The number of hydrogen-bond acceptors (Lipinski definition) is 5. The lowest BCUT2D eigenvalue weighted by Gasteiger charge is -2.32. The Bertz CT molecular complexity index is 1280. The van der Waals surface area contributed by atoms with Gasteiger partial charge in [-0.3, -0.25) is 4.79 Å². The summed E-state index contributed by atoms with van der Waals surface area (Å²) in [6.45, 7) is 3.02. The molecule has 0 N–H and O–H groups in total. The molecule has 2 aromatic heterocycles. The Morgan fingerprint density at radius 3 is 2.55 bits per heavy atom. The van der Waals surface area contributed by atoms with Gasteiger partial charge in [0.05, 0.1) is 17.0 Å². The number of halogens is 1. The minimum Gasteiger partial charge on any atom is -0.356 e. The number of nitrogens with zero attached hydrogens (tertiary/aromatic N) is 4. The maximum absolute atomic E-state index is 13.6. The smallest absolute Gasteiger partial charge is 0.253 e. The zero-order valence-corrected chi connectivity index (χ0v) is 18.2. The minimum absolute atomic E-state index is 0.132. The molecule has 0 saturated carbocycles. The summed E-state index contributed by atoms with van der Waals surface area (Å²) in [4.78, 5) is 24.1. The molecule has 0 atom stereocenters. The third-order valence-electron chi connectivity index (χ3n) is 5.98. The van der Waals surface area contributed by atoms with Gasteiger partial charge in [-0.25, -0.2) is 14.4 Å². The molecular weight excluding hydrogens is 419 g/mol. The van der Waals surface area contributed by atoms with Crippen LogP contribution in [0.1, 0.15) is 40.5 Å². The Kier molecular flexibility index (Phi) is 5.69. The summed E-state index contributed by atoms with van der Waals surface area (Å²) >= 11 is 0. The van der Waals surface area contributed by atoms with E-state index in [1.54, 1.807) is 23.2 Å². The van der Waals surface area contributed by atoms with E-state index in [-0.39, 0.29) is 11.8 Å². The van der Waals surface area contributed by atoms with Gasteiger partial charge in [0.15, 0.2) is 11.6 Å². The van der Waals surface area contributed by atoms with Crippen LogP contribution in [0.2, 0.25) is 0 Å². The highest BCUT2D eigenvalue weighted by Gasteiger charge is 2.28. The molecule has 2 aromatic carbocycles. The SMILES string of the molecule is Cc1cc(-c2cnc(-c3ccccc3)nc2C2CCN(C(=O)c3cccc(F)c3)CC2)on1. The molecule has 0 spiro atoms. The van der Waals surface area contributed by atoms with E-state index >= 15 is 0 Å². The van der Waals surface area contributed by atoms with Crippen LogP contribution in [0.3, 0.4) is 0 Å². The number of amides is 1. The molecule has 3 heterocycles. The summed E-state index contributed by atoms with van der Waals surface area (Å²) in [6.07, 6.45) is 3.29. The normalized spacial score (nSPS) is 14.4. The second kappa shape index (κ2) is 8.94. The zero-order valence-electron chi connectivity index (χ0n) is 18.2. The Morgan fingerprint density at radius 2 is 1.85 bits per heavy atom. The van der Waals surface area contributed by atoms with Crippen molar-refractivity contribution in [2.24, 2.45) is 0 Å². The van der Waals surface area contributed by atoms with Gasteiger partial charge in [-0.15, -0.1) is 0 Å². The standard InChI is InChI=1S/C26H23FN4O2/c1-17-14-23(33-30-17)22-16-28-25(19-6-3-2-4-7-19)29-24(22)18-10-12-31(13-11-18)26(32)20-8-5-9-21(27)15-20/h2-9,14-16,18H,10-13H2,1H3. The van der Waals surface area contributed by atoms with Gasteiger partial charge in [0.1, 0.15) is 5.82 Å². The molecular formula is C26H23FN4O2. The van der Waals surface area contributed by atoms with Gasteiger partial charge in [0.2, 0.25) is 0 Å². The molecule has 4 aromatic rings. The van der Waals surface area contributed by atoms with Crippen LogP contribution in [-0.4, -0.2) is 39.0 Å². The third kappa shape index (κ3) is 4.39. The van der Waals surface area contributed by atoms with E-state index in [1.165, 1.54) is 12.1 Å². The van der Waals surface area contributed by atoms with Crippen molar-refractivity contribution in [1.29, 1.82) is 0 Å². The Balaban J connectivity index is 1.42. The second-order valence-corrected chi connectivity index (χ2v) is 8.27. The molecule has 7 heteroatoms. The molecule has 33 heavy (non-hydrogen) atoms. The fourth-order valence-electron chi connectivity index (χ4n) is 4.27. The average Bonchev–Trinajstić information content (AvgIpc) is 3.30. The highest BCUT2D eigenvalue weighted by atomic mass is 19.1. The van der Waals surface area contributed by atoms with Gasteiger partial charge < -0.3 is 9.42 Å². The van der Waals surface area contributed by atoms with Crippen LogP contribution in [0.5, 0.6) is 0 Å². The topological polar surface area (TPSA) is 72.1 Å². The lowest BCUT2D eigenvalue weighted by molar-refractivity contribution is 0.0711. The predicted octanol–water partition coefficient (Wildman–Crippen LogP) is 5.27. The van der Waals surface area contributed by atoms with Crippen LogP contribution >= 0.6 is 0 Å². The summed E-state index contributed by atoms with van der Waals surface area (Å²) < 4.78 is 19.1. The lowest BCUT2D eigenvalue weighted by Crippen LogP contribution is -2.38. The van der Waals surface area contributed by atoms with E-state index in [0.717, 1.165) is 35.4 Å². The summed E-state index contributed by atoms with van der Waals surface area (Å²) in [5.74, 6) is 0.875. The van der Waals surface area contributed by atoms with E-state index in [4.69, 9.17) is 9.51 Å². The molecule has 1 aliphatic heterocycles. The monoisotopic (exact) mass is 442 g/mol. The van der Waals surface area contributed by atoms with Gasteiger partial charge in [0.25, 0.3) is 5.91 Å². The van der Waals surface area contributed by atoms with E-state index in [1.807, 2.05) is 43.3 Å². The molecule has 1 amide bonds. The number of carbonyl (C=O) groups excluding carboxylic acids is 1. The van der Waals surface area contributed by atoms with Gasteiger partial charge in [0, 0.05) is 42.4 Å². The van der Waals surface area contributed by atoms with Crippen molar-refractivity contribution in [2.45, 2.75) is 25.7 Å². The van der Waals surface area contributed by atoms with E-state index in [9.17, 15) is 9.18 Å². The van der Waals surface area contributed by atoms with Crippen molar-refractivity contribution in [3.05, 3.63) is 89.6 Å². The number of carbonyl (C=O) groups is 1. The highest BCUT2D eigenvalue weighted by molar-refractivity contribution is 5.94. The maximum Gasteiger partial charge on any atom is 0.253 e. The van der Waals surface area contributed by atoms with E-state index in [2.05, 4.69) is 10.1 Å². The number of hydrogen-bond donors (Lipinski definition) is 0. The summed E-state index contributed by atoms with van der Waals surface area (Å²) in [7, 11) is 0. The molecule has 0 radical (unpaired) electrons. The number of likely N-dealkylation sites (tertiary alicyclic amines) is 1. The first-order valence-corrected chi connectivity index (χ1v) is 11.0. The van der Waals surface area contributed by atoms with Crippen molar-refractivity contribution in [3.8, 4) is 22.7 Å². The number of piperidine rings is 1. The van der Waals surface area contributed by atoms with Crippen molar-refractivity contribution in [3.63, 3.8) is 0 Å². The van der Waals surface area contributed by atoms with Crippen LogP contribution in [0, 0.1) is 12.7 Å². The fourth-order valence-corrected chi connectivity index (χ4v) is 4.27.